The van der Waals surface area contributed by atoms with Gasteiger partial charge in [-0.05, 0) is 49.3 Å². The standard InChI is InChI=1S/C21H27FN4O/c22-18-7-5-17(6-8-18)20(16-3-1-2-4-16)24-21(27)25-12-9-19(10-13-25)26-14-11-23-15-26/h5-8,11,14-16,19-20H,1-4,9-10,12-13H2,(H,24,27). The summed E-state index contributed by atoms with van der Waals surface area (Å²) < 4.78 is 15.5. The van der Waals surface area contributed by atoms with E-state index in [1.54, 1.807) is 6.20 Å². The third-order valence-corrected chi connectivity index (χ3v) is 6.08. The second kappa shape index (κ2) is 8.11. The minimum atomic E-state index is -0.239. The molecule has 0 bridgehead atoms. The topological polar surface area (TPSA) is 50.2 Å². The second-order valence-corrected chi connectivity index (χ2v) is 7.75. The third-order valence-electron chi connectivity index (χ3n) is 6.08. The van der Waals surface area contributed by atoms with Crippen molar-refractivity contribution in [3.05, 3.63) is 54.4 Å². The van der Waals surface area contributed by atoms with Gasteiger partial charge in [-0.15, -0.1) is 0 Å². The van der Waals surface area contributed by atoms with Crippen LogP contribution in [0.2, 0.25) is 0 Å². The van der Waals surface area contributed by atoms with Gasteiger partial charge in [0.2, 0.25) is 0 Å². The minimum Gasteiger partial charge on any atom is -0.334 e. The molecule has 2 aromatic rings. The molecule has 6 heteroatoms. The largest absolute Gasteiger partial charge is 0.334 e. The molecule has 0 radical (unpaired) electrons. The van der Waals surface area contributed by atoms with Gasteiger partial charge in [-0.1, -0.05) is 25.0 Å². The van der Waals surface area contributed by atoms with Gasteiger partial charge in [0.15, 0.2) is 0 Å². The molecule has 5 nitrogen and oxygen atoms in total. The van der Waals surface area contributed by atoms with Gasteiger partial charge in [0.25, 0.3) is 0 Å². The molecule has 1 saturated heterocycles. The van der Waals surface area contributed by atoms with Gasteiger partial charge in [-0.3, -0.25) is 0 Å². The van der Waals surface area contributed by atoms with E-state index < -0.39 is 0 Å². The van der Waals surface area contributed by atoms with Crippen LogP contribution in [0.3, 0.4) is 0 Å². The average Bonchev–Trinajstić information content (AvgIpc) is 3.41. The summed E-state index contributed by atoms with van der Waals surface area (Å²) in [5.74, 6) is 0.194. The van der Waals surface area contributed by atoms with Crippen LogP contribution < -0.4 is 5.32 Å². The van der Waals surface area contributed by atoms with E-state index in [0.29, 0.717) is 12.0 Å². The lowest BCUT2D eigenvalue weighted by atomic mass is 9.91. The van der Waals surface area contributed by atoms with E-state index in [4.69, 9.17) is 0 Å². The van der Waals surface area contributed by atoms with E-state index in [9.17, 15) is 9.18 Å². The molecule has 1 aromatic heterocycles. The van der Waals surface area contributed by atoms with Crippen molar-refractivity contribution < 1.29 is 9.18 Å². The van der Waals surface area contributed by atoms with Crippen molar-refractivity contribution in [2.75, 3.05) is 13.1 Å². The van der Waals surface area contributed by atoms with E-state index in [0.717, 1.165) is 44.3 Å². The number of nitrogens with one attached hydrogen (secondary N) is 1. The Bertz CT molecular complexity index is 732. The van der Waals surface area contributed by atoms with E-state index in [1.165, 1.54) is 25.0 Å². The van der Waals surface area contributed by atoms with Crippen LogP contribution in [0, 0.1) is 11.7 Å². The molecule has 4 rings (SSSR count). The van der Waals surface area contributed by atoms with Crippen LogP contribution in [0.25, 0.3) is 0 Å². The number of carbonyl (C=O) groups excluding carboxylic acids is 1. The molecule has 2 aliphatic rings. The quantitative estimate of drug-likeness (QED) is 0.872. The fourth-order valence-corrected chi connectivity index (χ4v) is 4.51. The lowest BCUT2D eigenvalue weighted by molar-refractivity contribution is 0.164. The highest BCUT2D eigenvalue weighted by Crippen LogP contribution is 2.36. The molecule has 2 heterocycles. The number of carbonyl (C=O) groups is 1. The van der Waals surface area contributed by atoms with E-state index >= 15 is 0 Å². The summed E-state index contributed by atoms with van der Waals surface area (Å²) in [6.07, 6.45) is 12.2. The summed E-state index contributed by atoms with van der Waals surface area (Å²) in [5.41, 5.74) is 1.00. The Morgan fingerprint density at radius 2 is 1.81 bits per heavy atom. The number of benzene rings is 1. The summed E-state index contributed by atoms with van der Waals surface area (Å²) >= 11 is 0. The number of halogens is 1. The SMILES string of the molecule is O=C(NC(c1ccc(F)cc1)C1CCCC1)N1CCC(n2ccnc2)CC1. The molecule has 1 atom stereocenters. The highest BCUT2D eigenvalue weighted by Gasteiger charge is 2.30. The molecule has 1 saturated carbocycles. The first-order valence-corrected chi connectivity index (χ1v) is 9.99. The Morgan fingerprint density at radius 1 is 1.11 bits per heavy atom. The number of urea groups is 1. The van der Waals surface area contributed by atoms with Gasteiger partial charge in [0.05, 0.1) is 12.4 Å². The Labute approximate surface area is 159 Å². The second-order valence-electron chi connectivity index (χ2n) is 7.75. The maximum Gasteiger partial charge on any atom is 0.317 e. The van der Waals surface area contributed by atoms with Crippen molar-refractivity contribution in [2.24, 2.45) is 5.92 Å². The predicted molar refractivity (Wildman–Crippen MR) is 102 cm³/mol. The molecule has 2 amide bonds. The van der Waals surface area contributed by atoms with E-state index in [-0.39, 0.29) is 17.9 Å². The fraction of sp³-hybridized carbons (Fsp3) is 0.524. The third kappa shape index (κ3) is 4.15. The molecule has 2 fully saturated rings. The summed E-state index contributed by atoms with van der Waals surface area (Å²) in [4.78, 5) is 19.0. The molecule has 27 heavy (non-hydrogen) atoms. The maximum atomic E-state index is 13.3. The summed E-state index contributed by atoms with van der Waals surface area (Å²) in [6.45, 7) is 1.49. The van der Waals surface area contributed by atoms with Crippen molar-refractivity contribution in [1.29, 1.82) is 0 Å². The normalized spacial score (nSPS) is 20.0. The zero-order chi connectivity index (χ0) is 18.6. The Hall–Kier alpha value is -2.37. The maximum absolute atomic E-state index is 13.3. The Morgan fingerprint density at radius 3 is 2.44 bits per heavy atom. The van der Waals surface area contributed by atoms with Crippen molar-refractivity contribution in [1.82, 2.24) is 19.8 Å². The number of amides is 2. The van der Waals surface area contributed by atoms with Gasteiger partial charge in [-0.25, -0.2) is 14.2 Å². The molecule has 144 valence electrons. The molecular weight excluding hydrogens is 343 g/mol. The van der Waals surface area contributed by atoms with Gasteiger partial charge in [-0.2, -0.15) is 0 Å². The Kier molecular flexibility index (Phi) is 5.41. The van der Waals surface area contributed by atoms with Gasteiger partial charge in [0.1, 0.15) is 5.82 Å². The zero-order valence-corrected chi connectivity index (χ0v) is 15.6. The molecule has 1 unspecified atom stereocenters. The number of rotatable bonds is 4. The number of imidazole rings is 1. The first-order chi connectivity index (χ1) is 13.2. The molecule has 1 N–H and O–H groups in total. The van der Waals surface area contributed by atoms with Crippen LogP contribution >= 0.6 is 0 Å². The van der Waals surface area contributed by atoms with Crippen LogP contribution in [0.5, 0.6) is 0 Å². The molecule has 0 spiro atoms. The van der Waals surface area contributed by atoms with E-state index in [1.807, 2.05) is 29.6 Å². The van der Waals surface area contributed by atoms with Crippen molar-refractivity contribution in [3.8, 4) is 0 Å². The van der Waals surface area contributed by atoms with Crippen molar-refractivity contribution >= 4 is 6.03 Å². The van der Waals surface area contributed by atoms with E-state index in [2.05, 4.69) is 14.9 Å². The summed E-state index contributed by atoms with van der Waals surface area (Å²) in [6, 6.07) is 6.97. The predicted octanol–water partition coefficient (Wildman–Crippen LogP) is 4.30. The lowest BCUT2D eigenvalue weighted by Gasteiger charge is -2.35. The monoisotopic (exact) mass is 370 g/mol. The molecule has 1 aliphatic carbocycles. The zero-order valence-electron chi connectivity index (χ0n) is 15.6. The first-order valence-electron chi connectivity index (χ1n) is 9.99. The Balaban J connectivity index is 1.40. The van der Waals surface area contributed by atoms with Crippen LogP contribution in [0.4, 0.5) is 9.18 Å². The van der Waals surface area contributed by atoms with Crippen LogP contribution in [0.1, 0.15) is 56.2 Å². The van der Waals surface area contributed by atoms with Gasteiger partial charge in [0, 0.05) is 31.5 Å². The van der Waals surface area contributed by atoms with Crippen molar-refractivity contribution in [2.45, 2.75) is 50.6 Å². The highest BCUT2D eigenvalue weighted by molar-refractivity contribution is 5.75. The molecule has 1 aromatic carbocycles. The van der Waals surface area contributed by atoms with Crippen molar-refractivity contribution in [3.63, 3.8) is 0 Å². The van der Waals surface area contributed by atoms with Crippen LogP contribution in [-0.4, -0.2) is 33.6 Å². The average molecular weight is 370 g/mol. The highest BCUT2D eigenvalue weighted by atomic mass is 19.1. The number of hydrogen-bond acceptors (Lipinski definition) is 2. The minimum absolute atomic E-state index is 0.000283. The molecule has 1 aliphatic heterocycles. The van der Waals surface area contributed by atoms with Gasteiger partial charge >= 0.3 is 6.03 Å². The number of nitrogens with zero attached hydrogens (tertiary/aromatic N) is 3. The summed E-state index contributed by atoms with van der Waals surface area (Å²) in [5, 5.41) is 3.26. The lowest BCUT2D eigenvalue weighted by Crippen LogP contribution is -2.46. The van der Waals surface area contributed by atoms with Crippen LogP contribution in [-0.2, 0) is 0 Å². The number of piperidine rings is 1. The fourth-order valence-electron chi connectivity index (χ4n) is 4.51. The number of aromatic nitrogens is 2. The number of hydrogen-bond donors (Lipinski definition) is 1. The van der Waals surface area contributed by atoms with Crippen LogP contribution in [0.15, 0.2) is 43.0 Å². The number of likely N-dealkylation sites (tertiary alicyclic amines) is 1. The first kappa shape index (κ1) is 18.0. The van der Waals surface area contributed by atoms with Gasteiger partial charge < -0.3 is 14.8 Å². The molecular formula is C21H27FN4O. The smallest absolute Gasteiger partial charge is 0.317 e. The summed E-state index contributed by atoms with van der Waals surface area (Å²) in [7, 11) is 0.